The second-order valence-electron chi connectivity index (χ2n) is 6.02. The molecule has 126 valence electrons. The van der Waals surface area contributed by atoms with Gasteiger partial charge in [0.15, 0.2) is 6.10 Å². The molecule has 0 aliphatic carbocycles. The number of hydrogen-bond donors (Lipinski definition) is 1. The second-order valence-corrected chi connectivity index (χ2v) is 6.02. The maximum absolute atomic E-state index is 13.0. The number of rotatable bonds is 4. The first-order valence-corrected chi connectivity index (χ1v) is 8.15. The summed E-state index contributed by atoms with van der Waals surface area (Å²) >= 11 is 0. The minimum Gasteiger partial charge on any atom is -0.480 e. The first-order valence-electron chi connectivity index (χ1n) is 8.15. The molecule has 1 atom stereocenters. The van der Waals surface area contributed by atoms with Crippen LogP contribution >= 0.6 is 0 Å². The van der Waals surface area contributed by atoms with Crippen molar-refractivity contribution in [3.05, 3.63) is 59.4 Å². The third-order valence-corrected chi connectivity index (χ3v) is 4.26. The molecule has 0 saturated heterocycles. The summed E-state index contributed by atoms with van der Waals surface area (Å²) in [4.78, 5) is 14.5. The Bertz CT molecular complexity index is 731. The van der Waals surface area contributed by atoms with Crippen LogP contribution in [0.25, 0.3) is 0 Å². The molecule has 1 aliphatic heterocycles. The van der Waals surface area contributed by atoms with Crippen molar-refractivity contribution in [2.24, 2.45) is 0 Å². The second kappa shape index (κ2) is 6.91. The van der Waals surface area contributed by atoms with Gasteiger partial charge < -0.3 is 15.4 Å². The lowest BCUT2D eigenvalue weighted by Gasteiger charge is -2.23. The Labute approximate surface area is 141 Å². The topological polar surface area (TPSA) is 55.6 Å². The van der Waals surface area contributed by atoms with Gasteiger partial charge in [0.1, 0.15) is 11.6 Å². The molecule has 0 spiro atoms. The molecule has 2 aromatic rings. The summed E-state index contributed by atoms with van der Waals surface area (Å²) in [5.74, 6) is 0.441. The lowest BCUT2D eigenvalue weighted by molar-refractivity contribution is -0.138. The minimum atomic E-state index is -0.483. The Morgan fingerprint density at radius 2 is 2.00 bits per heavy atom. The van der Waals surface area contributed by atoms with Crippen molar-refractivity contribution in [1.29, 1.82) is 0 Å². The van der Waals surface area contributed by atoms with Gasteiger partial charge in [-0.1, -0.05) is 19.1 Å². The molecule has 0 saturated carbocycles. The van der Waals surface area contributed by atoms with E-state index in [2.05, 4.69) is 0 Å². The van der Waals surface area contributed by atoms with Crippen LogP contribution < -0.4 is 10.5 Å². The van der Waals surface area contributed by atoms with Crippen LogP contribution in [-0.2, 0) is 17.8 Å². The zero-order valence-corrected chi connectivity index (χ0v) is 13.7. The van der Waals surface area contributed by atoms with Crippen LogP contribution in [0.3, 0.4) is 0 Å². The first-order chi connectivity index (χ1) is 11.6. The van der Waals surface area contributed by atoms with E-state index in [0.717, 1.165) is 11.1 Å². The average molecular weight is 328 g/mol. The number of nitrogen functional groups attached to an aromatic ring is 1. The van der Waals surface area contributed by atoms with E-state index in [1.807, 2.05) is 19.1 Å². The Morgan fingerprint density at radius 3 is 2.71 bits per heavy atom. The van der Waals surface area contributed by atoms with Gasteiger partial charge >= 0.3 is 0 Å². The van der Waals surface area contributed by atoms with Gasteiger partial charge in [0, 0.05) is 24.3 Å². The predicted molar refractivity (Wildman–Crippen MR) is 91.1 cm³/mol. The van der Waals surface area contributed by atoms with Crippen LogP contribution in [0.2, 0.25) is 0 Å². The van der Waals surface area contributed by atoms with Crippen molar-refractivity contribution in [3.8, 4) is 5.75 Å². The largest absolute Gasteiger partial charge is 0.480 e. The van der Waals surface area contributed by atoms with Gasteiger partial charge in [0.05, 0.1) is 0 Å². The van der Waals surface area contributed by atoms with E-state index in [-0.39, 0.29) is 11.7 Å². The number of carbonyl (C=O) groups excluding carboxylic acids is 1. The normalized spacial score (nSPS) is 17.2. The van der Waals surface area contributed by atoms with Crippen LogP contribution in [0.5, 0.6) is 5.75 Å². The van der Waals surface area contributed by atoms with Crippen molar-refractivity contribution in [3.63, 3.8) is 0 Å². The number of hydrogen-bond acceptors (Lipinski definition) is 3. The Morgan fingerprint density at radius 1 is 1.25 bits per heavy atom. The monoisotopic (exact) mass is 328 g/mol. The summed E-state index contributed by atoms with van der Waals surface area (Å²) in [5, 5.41) is 0. The van der Waals surface area contributed by atoms with Gasteiger partial charge in [-0.15, -0.1) is 0 Å². The number of carbonyl (C=O) groups is 1. The molecule has 1 heterocycles. The number of anilines is 1. The predicted octanol–water partition coefficient (Wildman–Crippen LogP) is 3.15. The maximum Gasteiger partial charge on any atom is 0.263 e. The third-order valence-electron chi connectivity index (χ3n) is 4.26. The average Bonchev–Trinajstić information content (AvgIpc) is 2.71. The molecule has 0 fully saturated rings. The fourth-order valence-corrected chi connectivity index (χ4v) is 2.89. The quantitative estimate of drug-likeness (QED) is 0.877. The summed E-state index contributed by atoms with van der Waals surface area (Å²) in [7, 11) is 0. The molecule has 4 nitrogen and oxygen atoms in total. The zero-order chi connectivity index (χ0) is 17.1. The van der Waals surface area contributed by atoms with Gasteiger partial charge in [-0.3, -0.25) is 4.79 Å². The highest BCUT2D eigenvalue weighted by Gasteiger charge is 2.29. The molecule has 5 heteroatoms. The van der Waals surface area contributed by atoms with Crippen molar-refractivity contribution in [1.82, 2.24) is 4.90 Å². The first kappa shape index (κ1) is 16.3. The highest BCUT2D eigenvalue weighted by molar-refractivity contribution is 5.82. The number of halogens is 1. The summed E-state index contributed by atoms with van der Waals surface area (Å²) in [6, 6.07) is 11.8. The zero-order valence-electron chi connectivity index (χ0n) is 13.7. The number of benzene rings is 2. The molecule has 3 rings (SSSR count). The van der Waals surface area contributed by atoms with Crippen molar-refractivity contribution >= 4 is 11.6 Å². The van der Waals surface area contributed by atoms with Crippen LogP contribution in [0.4, 0.5) is 10.1 Å². The standard InChI is InChI=1S/C19H21FN2O2/c1-2-17-19(23)22(10-9-13-3-5-15(20)6-4-13)12-14-11-16(21)7-8-18(14)24-17/h3-8,11,17H,2,9-10,12,21H2,1H3. The SMILES string of the molecule is CCC1Oc2ccc(N)cc2CN(CCc2ccc(F)cc2)C1=O. The molecule has 2 aromatic carbocycles. The Kier molecular flexibility index (Phi) is 4.69. The van der Waals surface area contributed by atoms with Crippen molar-refractivity contribution in [2.75, 3.05) is 12.3 Å². The number of nitrogens with two attached hydrogens (primary N) is 1. The van der Waals surface area contributed by atoms with Crippen molar-refractivity contribution in [2.45, 2.75) is 32.4 Å². The number of ether oxygens (including phenoxy) is 1. The fourth-order valence-electron chi connectivity index (χ4n) is 2.89. The van der Waals surface area contributed by atoms with Crippen LogP contribution in [0.15, 0.2) is 42.5 Å². The van der Waals surface area contributed by atoms with E-state index in [1.165, 1.54) is 12.1 Å². The van der Waals surface area contributed by atoms with Crippen LogP contribution in [0.1, 0.15) is 24.5 Å². The Balaban J connectivity index is 1.79. The van der Waals surface area contributed by atoms with Gasteiger partial charge in [0.25, 0.3) is 5.91 Å². The smallest absolute Gasteiger partial charge is 0.263 e. The minimum absolute atomic E-state index is 0.0191. The Hall–Kier alpha value is -2.56. The molecular formula is C19H21FN2O2. The molecule has 0 aromatic heterocycles. The lowest BCUT2D eigenvalue weighted by Crippen LogP contribution is -2.40. The van der Waals surface area contributed by atoms with Gasteiger partial charge in [0.2, 0.25) is 0 Å². The van der Waals surface area contributed by atoms with E-state index < -0.39 is 6.10 Å². The van der Waals surface area contributed by atoms with Gasteiger partial charge in [-0.2, -0.15) is 0 Å². The summed E-state index contributed by atoms with van der Waals surface area (Å²) in [6.45, 7) is 2.96. The molecule has 0 radical (unpaired) electrons. The van der Waals surface area contributed by atoms with E-state index in [1.54, 1.807) is 23.1 Å². The molecule has 1 unspecified atom stereocenters. The van der Waals surface area contributed by atoms with E-state index >= 15 is 0 Å². The van der Waals surface area contributed by atoms with Crippen LogP contribution in [0, 0.1) is 5.82 Å². The maximum atomic E-state index is 13.0. The highest BCUT2D eigenvalue weighted by Crippen LogP contribution is 2.28. The molecule has 1 amide bonds. The molecule has 1 aliphatic rings. The number of nitrogens with zero attached hydrogens (tertiary/aromatic N) is 1. The van der Waals surface area contributed by atoms with Gasteiger partial charge in [-0.25, -0.2) is 4.39 Å². The fraction of sp³-hybridized carbons (Fsp3) is 0.316. The highest BCUT2D eigenvalue weighted by atomic mass is 19.1. The summed E-state index contributed by atoms with van der Waals surface area (Å²) in [5.41, 5.74) is 8.43. The molecule has 0 bridgehead atoms. The van der Waals surface area contributed by atoms with Crippen LogP contribution in [-0.4, -0.2) is 23.5 Å². The van der Waals surface area contributed by atoms with Gasteiger partial charge in [-0.05, 0) is 48.7 Å². The summed E-state index contributed by atoms with van der Waals surface area (Å²) in [6.07, 6.45) is 0.790. The number of amides is 1. The van der Waals surface area contributed by atoms with E-state index in [9.17, 15) is 9.18 Å². The van der Waals surface area contributed by atoms with E-state index in [0.29, 0.717) is 37.4 Å². The molecule has 2 N–H and O–H groups in total. The number of fused-ring (bicyclic) bond motifs is 1. The summed E-state index contributed by atoms with van der Waals surface area (Å²) < 4.78 is 18.9. The third kappa shape index (κ3) is 3.50. The molecule has 24 heavy (non-hydrogen) atoms. The van der Waals surface area contributed by atoms with Crippen molar-refractivity contribution < 1.29 is 13.9 Å². The van der Waals surface area contributed by atoms with E-state index in [4.69, 9.17) is 10.5 Å². The molecular weight excluding hydrogens is 307 g/mol. The lowest BCUT2D eigenvalue weighted by atomic mass is 10.1.